The summed E-state index contributed by atoms with van der Waals surface area (Å²) in [6, 6.07) is 1.57. The fourth-order valence-electron chi connectivity index (χ4n) is 0.935. The third kappa shape index (κ3) is 1.97. The number of aromatic nitrogens is 1. The van der Waals surface area contributed by atoms with E-state index >= 15 is 0 Å². The minimum Gasteiger partial charge on any atom is -0.480 e. The molecule has 1 atom stereocenters. The summed E-state index contributed by atoms with van der Waals surface area (Å²) in [5.74, 6) is -1.09. The second kappa shape index (κ2) is 3.96. The fraction of sp³-hybridized carbons (Fsp3) is 0.250. The molecule has 0 aliphatic heterocycles. The van der Waals surface area contributed by atoms with Gasteiger partial charge in [0.1, 0.15) is 10.1 Å². The van der Waals surface area contributed by atoms with Crippen LogP contribution < -0.4 is 5.73 Å². The summed E-state index contributed by atoms with van der Waals surface area (Å²) in [6.07, 6.45) is 1.50. The van der Waals surface area contributed by atoms with Gasteiger partial charge in [0, 0.05) is 11.8 Å². The average Bonchev–Trinajstić information content (AvgIpc) is 2.09. The molecule has 1 heterocycles. The van der Waals surface area contributed by atoms with Crippen LogP contribution in [0, 0.1) is 0 Å². The number of carbonyl (C=O) groups is 1. The monoisotopic (exact) mass is 322 g/mol. The van der Waals surface area contributed by atoms with Crippen molar-refractivity contribution in [1.82, 2.24) is 4.98 Å². The van der Waals surface area contributed by atoms with Gasteiger partial charge in [-0.1, -0.05) is 0 Å². The molecule has 1 rings (SSSR count). The molecule has 14 heavy (non-hydrogen) atoms. The van der Waals surface area contributed by atoms with Gasteiger partial charge in [-0.05, 0) is 44.8 Å². The van der Waals surface area contributed by atoms with Crippen molar-refractivity contribution >= 4 is 37.8 Å². The van der Waals surface area contributed by atoms with E-state index in [2.05, 4.69) is 36.8 Å². The number of pyridine rings is 1. The van der Waals surface area contributed by atoms with Gasteiger partial charge < -0.3 is 10.8 Å². The third-order valence-corrected chi connectivity index (χ3v) is 3.79. The molecule has 0 aliphatic rings. The van der Waals surface area contributed by atoms with Gasteiger partial charge in [-0.2, -0.15) is 0 Å². The normalized spacial score (nSPS) is 14.9. The lowest BCUT2D eigenvalue weighted by Gasteiger charge is -2.21. The largest absolute Gasteiger partial charge is 0.480 e. The highest BCUT2D eigenvalue weighted by Gasteiger charge is 2.32. The van der Waals surface area contributed by atoms with E-state index in [0.29, 0.717) is 14.6 Å². The Morgan fingerprint density at radius 3 is 2.71 bits per heavy atom. The second-order valence-electron chi connectivity index (χ2n) is 2.97. The lowest BCUT2D eigenvalue weighted by atomic mass is 9.95. The number of carboxylic acid groups (broad SMARTS) is 1. The maximum Gasteiger partial charge on any atom is 0.328 e. The highest BCUT2D eigenvalue weighted by molar-refractivity contribution is 9.13. The van der Waals surface area contributed by atoms with Crippen molar-refractivity contribution in [2.75, 3.05) is 0 Å². The first-order chi connectivity index (χ1) is 6.37. The van der Waals surface area contributed by atoms with Gasteiger partial charge in [0.05, 0.1) is 4.47 Å². The minimum absolute atomic E-state index is 0.479. The summed E-state index contributed by atoms with van der Waals surface area (Å²) >= 11 is 6.41. The zero-order valence-electron chi connectivity index (χ0n) is 7.29. The van der Waals surface area contributed by atoms with Crippen LogP contribution in [0.4, 0.5) is 0 Å². The molecule has 76 valence electrons. The Kier molecular flexibility index (Phi) is 3.28. The van der Waals surface area contributed by atoms with Crippen molar-refractivity contribution in [3.63, 3.8) is 0 Å². The van der Waals surface area contributed by atoms with E-state index in [9.17, 15) is 4.79 Å². The number of nitrogens with two attached hydrogens (primary N) is 1. The molecule has 0 aromatic carbocycles. The summed E-state index contributed by atoms with van der Waals surface area (Å²) < 4.78 is 1.10. The van der Waals surface area contributed by atoms with E-state index in [1.54, 1.807) is 6.07 Å². The van der Waals surface area contributed by atoms with Crippen molar-refractivity contribution in [2.24, 2.45) is 5.73 Å². The minimum atomic E-state index is -1.43. The lowest BCUT2D eigenvalue weighted by molar-refractivity contribution is -0.143. The van der Waals surface area contributed by atoms with E-state index in [1.807, 2.05) is 0 Å². The first-order valence-corrected chi connectivity index (χ1v) is 5.28. The zero-order chi connectivity index (χ0) is 10.9. The van der Waals surface area contributed by atoms with Gasteiger partial charge in [-0.25, -0.2) is 9.78 Å². The van der Waals surface area contributed by atoms with Gasteiger partial charge in [0.15, 0.2) is 0 Å². The van der Waals surface area contributed by atoms with Crippen LogP contribution in [0.15, 0.2) is 21.3 Å². The molecule has 0 saturated heterocycles. The molecule has 3 N–H and O–H groups in total. The number of hydrogen-bond donors (Lipinski definition) is 2. The number of halogens is 2. The molecular weight excluding hydrogens is 316 g/mol. The Hall–Kier alpha value is -0.460. The number of aliphatic carboxylic acids is 1. The first-order valence-electron chi connectivity index (χ1n) is 3.70. The van der Waals surface area contributed by atoms with Crippen molar-refractivity contribution in [3.8, 4) is 0 Å². The Morgan fingerprint density at radius 2 is 2.21 bits per heavy atom. The predicted molar refractivity (Wildman–Crippen MR) is 58.8 cm³/mol. The Labute approximate surface area is 97.8 Å². The zero-order valence-corrected chi connectivity index (χ0v) is 10.5. The van der Waals surface area contributed by atoms with Crippen molar-refractivity contribution in [1.29, 1.82) is 0 Å². The molecule has 6 heteroatoms. The van der Waals surface area contributed by atoms with Crippen LogP contribution in [0.5, 0.6) is 0 Å². The quantitative estimate of drug-likeness (QED) is 0.815. The van der Waals surface area contributed by atoms with E-state index in [1.165, 1.54) is 13.1 Å². The molecule has 0 saturated carbocycles. The molecule has 1 aromatic rings. The van der Waals surface area contributed by atoms with E-state index in [0.717, 1.165) is 0 Å². The van der Waals surface area contributed by atoms with Crippen LogP contribution in [0.2, 0.25) is 0 Å². The summed E-state index contributed by atoms with van der Waals surface area (Å²) in [5.41, 5.74) is 4.72. The van der Waals surface area contributed by atoms with Crippen molar-refractivity contribution < 1.29 is 9.90 Å². The second-order valence-corrected chi connectivity index (χ2v) is 4.51. The summed E-state index contributed by atoms with van der Waals surface area (Å²) in [4.78, 5) is 14.8. The van der Waals surface area contributed by atoms with Gasteiger partial charge in [0.2, 0.25) is 0 Å². The van der Waals surface area contributed by atoms with Crippen LogP contribution in [-0.2, 0) is 10.3 Å². The Bertz CT molecular complexity index is 380. The Morgan fingerprint density at radius 1 is 1.64 bits per heavy atom. The molecule has 0 spiro atoms. The standard InChI is InChI=1S/C8H8Br2N2O2/c1-8(11,7(13)14)4-2-3-12-6(10)5(4)9/h2-3H,11H2,1H3,(H,13,14)/t8-/m0/s1. The molecule has 0 unspecified atom stereocenters. The summed E-state index contributed by atoms with van der Waals surface area (Å²) in [6.45, 7) is 1.43. The van der Waals surface area contributed by atoms with Crippen LogP contribution in [0.3, 0.4) is 0 Å². The lowest BCUT2D eigenvalue weighted by Crippen LogP contribution is -2.42. The highest BCUT2D eigenvalue weighted by Crippen LogP contribution is 2.30. The summed E-state index contributed by atoms with van der Waals surface area (Å²) in [7, 11) is 0. The molecule has 0 bridgehead atoms. The van der Waals surface area contributed by atoms with Crippen molar-refractivity contribution in [2.45, 2.75) is 12.5 Å². The molecular formula is C8H8Br2N2O2. The number of carboxylic acids is 1. The summed E-state index contributed by atoms with van der Waals surface area (Å²) in [5, 5.41) is 8.93. The van der Waals surface area contributed by atoms with Crippen molar-refractivity contribution in [3.05, 3.63) is 26.9 Å². The van der Waals surface area contributed by atoms with E-state index in [4.69, 9.17) is 10.8 Å². The average molecular weight is 324 g/mol. The molecule has 0 amide bonds. The molecule has 1 aromatic heterocycles. The van der Waals surface area contributed by atoms with Gasteiger partial charge >= 0.3 is 5.97 Å². The first kappa shape index (κ1) is 11.6. The number of rotatable bonds is 2. The van der Waals surface area contributed by atoms with Crippen LogP contribution in [0.25, 0.3) is 0 Å². The van der Waals surface area contributed by atoms with E-state index < -0.39 is 11.5 Å². The Balaban J connectivity index is 3.33. The number of hydrogen-bond acceptors (Lipinski definition) is 3. The van der Waals surface area contributed by atoms with Gasteiger partial charge in [0.25, 0.3) is 0 Å². The van der Waals surface area contributed by atoms with Crippen LogP contribution in [0.1, 0.15) is 12.5 Å². The molecule has 4 nitrogen and oxygen atoms in total. The molecule has 0 radical (unpaired) electrons. The van der Waals surface area contributed by atoms with Gasteiger partial charge in [-0.3, -0.25) is 0 Å². The maximum atomic E-state index is 10.9. The fourth-order valence-corrected chi connectivity index (χ4v) is 1.91. The topological polar surface area (TPSA) is 76.2 Å². The third-order valence-electron chi connectivity index (χ3n) is 1.85. The van der Waals surface area contributed by atoms with Crippen LogP contribution in [-0.4, -0.2) is 16.1 Å². The predicted octanol–water partition coefficient (Wildman–Crippen LogP) is 1.87. The molecule has 0 aliphatic carbocycles. The van der Waals surface area contributed by atoms with Crippen LogP contribution >= 0.6 is 31.9 Å². The maximum absolute atomic E-state index is 10.9. The SMILES string of the molecule is C[C@@](N)(C(=O)O)c1ccnc(Br)c1Br. The van der Waals surface area contributed by atoms with E-state index in [-0.39, 0.29) is 0 Å². The molecule has 0 fully saturated rings. The van der Waals surface area contributed by atoms with Gasteiger partial charge in [-0.15, -0.1) is 0 Å². The highest BCUT2D eigenvalue weighted by atomic mass is 79.9. The number of nitrogens with zero attached hydrogens (tertiary/aromatic N) is 1. The smallest absolute Gasteiger partial charge is 0.328 e.